The molecule has 0 atom stereocenters. The Bertz CT molecular complexity index is 453. The third kappa shape index (κ3) is 4.00. The summed E-state index contributed by atoms with van der Waals surface area (Å²) < 4.78 is 23.5. The Hall–Kier alpha value is -0.550. The molecule has 0 N–H and O–H groups in total. The standard InChI is InChI=1S/C12H18BrNO2S/c1-3-9-14(10-8-13)11-6-4-5-7-12(11)17(2,15)16/h4-7H,3,8-10H2,1-2H3. The van der Waals surface area contributed by atoms with Crippen molar-refractivity contribution in [1.29, 1.82) is 0 Å². The molecule has 0 aromatic heterocycles. The van der Waals surface area contributed by atoms with Gasteiger partial charge in [0.2, 0.25) is 0 Å². The van der Waals surface area contributed by atoms with Crippen LogP contribution in [-0.2, 0) is 9.84 Å². The van der Waals surface area contributed by atoms with Crippen molar-refractivity contribution in [3.8, 4) is 0 Å². The van der Waals surface area contributed by atoms with Gasteiger partial charge in [0.25, 0.3) is 0 Å². The first-order chi connectivity index (χ1) is 8.00. The summed E-state index contributed by atoms with van der Waals surface area (Å²) in [6.07, 6.45) is 2.25. The SMILES string of the molecule is CCCN(CCBr)c1ccccc1S(C)(=O)=O. The Kier molecular flexibility index (Phi) is 5.46. The molecule has 1 aromatic rings. The molecule has 0 saturated carbocycles. The number of para-hydroxylation sites is 1. The van der Waals surface area contributed by atoms with Crippen molar-refractivity contribution in [1.82, 2.24) is 0 Å². The number of alkyl halides is 1. The largest absolute Gasteiger partial charge is 0.370 e. The van der Waals surface area contributed by atoms with Gasteiger partial charge in [-0.15, -0.1) is 0 Å². The van der Waals surface area contributed by atoms with Crippen molar-refractivity contribution < 1.29 is 8.42 Å². The van der Waals surface area contributed by atoms with Crippen molar-refractivity contribution in [2.24, 2.45) is 0 Å². The van der Waals surface area contributed by atoms with E-state index >= 15 is 0 Å². The number of sulfone groups is 1. The number of nitrogens with zero attached hydrogens (tertiary/aromatic N) is 1. The molecule has 0 radical (unpaired) electrons. The molecule has 0 heterocycles. The molecule has 0 aliphatic carbocycles. The molecule has 0 unspecified atom stereocenters. The molecule has 1 aromatic carbocycles. The Balaban J connectivity index is 3.18. The van der Waals surface area contributed by atoms with Crippen molar-refractivity contribution >= 4 is 31.5 Å². The smallest absolute Gasteiger partial charge is 0.177 e. The van der Waals surface area contributed by atoms with Gasteiger partial charge >= 0.3 is 0 Å². The topological polar surface area (TPSA) is 37.4 Å². The molecule has 3 nitrogen and oxygen atoms in total. The summed E-state index contributed by atoms with van der Waals surface area (Å²) in [5.74, 6) is 0. The summed E-state index contributed by atoms with van der Waals surface area (Å²) >= 11 is 3.40. The molecule has 0 fully saturated rings. The Morgan fingerprint density at radius 3 is 2.41 bits per heavy atom. The van der Waals surface area contributed by atoms with Gasteiger partial charge in [-0.05, 0) is 18.6 Å². The molecule has 0 aliphatic rings. The lowest BCUT2D eigenvalue weighted by molar-refractivity contribution is 0.601. The van der Waals surface area contributed by atoms with Crippen molar-refractivity contribution in [3.63, 3.8) is 0 Å². The average molecular weight is 320 g/mol. The molecule has 96 valence electrons. The minimum Gasteiger partial charge on any atom is -0.370 e. The highest BCUT2D eigenvalue weighted by molar-refractivity contribution is 9.09. The summed E-state index contributed by atoms with van der Waals surface area (Å²) in [5, 5.41) is 0.825. The van der Waals surface area contributed by atoms with Gasteiger partial charge in [-0.3, -0.25) is 0 Å². The van der Waals surface area contributed by atoms with Crippen LogP contribution in [0.2, 0.25) is 0 Å². The lowest BCUT2D eigenvalue weighted by atomic mass is 10.2. The van der Waals surface area contributed by atoms with Crippen LogP contribution in [0.5, 0.6) is 0 Å². The second kappa shape index (κ2) is 6.40. The fourth-order valence-electron chi connectivity index (χ4n) is 1.76. The average Bonchev–Trinajstić information content (AvgIpc) is 2.28. The van der Waals surface area contributed by atoms with E-state index in [0.717, 1.165) is 30.5 Å². The maximum atomic E-state index is 11.7. The van der Waals surface area contributed by atoms with Gasteiger partial charge in [-0.1, -0.05) is 35.0 Å². The van der Waals surface area contributed by atoms with E-state index in [1.54, 1.807) is 12.1 Å². The fraction of sp³-hybridized carbons (Fsp3) is 0.500. The molecular formula is C12H18BrNO2S. The van der Waals surface area contributed by atoms with Crippen LogP contribution in [0.4, 0.5) is 5.69 Å². The molecule has 0 bridgehead atoms. The molecule has 5 heteroatoms. The maximum Gasteiger partial charge on any atom is 0.177 e. The van der Waals surface area contributed by atoms with Crippen LogP contribution in [0.25, 0.3) is 0 Å². The van der Waals surface area contributed by atoms with Crippen LogP contribution < -0.4 is 4.90 Å². The minimum absolute atomic E-state index is 0.411. The first kappa shape index (κ1) is 14.5. The highest BCUT2D eigenvalue weighted by Crippen LogP contribution is 2.25. The number of rotatable bonds is 6. The van der Waals surface area contributed by atoms with Gasteiger partial charge in [0.1, 0.15) is 0 Å². The molecule has 17 heavy (non-hydrogen) atoms. The lowest BCUT2D eigenvalue weighted by Gasteiger charge is -2.25. The van der Waals surface area contributed by atoms with E-state index in [0.29, 0.717) is 4.90 Å². The summed E-state index contributed by atoms with van der Waals surface area (Å²) in [5.41, 5.74) is 0.802. The quantitative estimate of drug-likeness (QED) is 0.756. The first-order valence-corrected chi connectivity index (χ1v) is 8.62. The van der Waals surface area contributed by atoms with Gasteiger partial charge in [-0.2, -0.15) is 0 Å². The molecule has 1 rings (SSSR count). The van der Waals surface area contributed by atoms with E-state index < -0.39 is 9.84 Å². The van der Waals surface area contributed by atoms with Gasteiger partial charge in [0.15, 0.2) is 9.84 Å². The van der Waals surface area contributed by atoms with Crippen LogP contribution in [0.3, 0.4) is 0 Å². The Morgan fingerprint density at radius 1 is 1.24 bits per heavy atom. The highest BCUT2D eigenvalue weighted by atomic mass is 79.9. The van der Waals surface area contributed by atoms with Crippen molar-refractivity contribution in [2.75, 3.05) is 29.6 Å². The van der Waals surface area contributed by atoms with Gasteiger partial charge in [-0.25, -0.2) is 8.42 Å². The normalized spacial score (nSPS) is 11.5. The zero-order valence-electron chi connectivity index (χ0n) is 10.2. The molecule has 0 saturated heterocycles. The Labute approximate surface area is 112 Å². The second-order valence-corrected chi connectivity index (χ2v) is 6.69. The van der Waals surface area contributed by atoms with E-state index in [9.17, 15) is 8.42 Å². The monoisotopic (exact) mass is 319 g/mol. The van der Waals surface area contributed by atoms with E-state index in [4.69, 9.17) is 0 Å². The fourth-order valence-corrected chi connectivity index (χ4v) is 3.09. The maximum absolute atomic E-state index is 11.7. The van der Waals surface area contributed by atoms with E-state index in [-0.39, 0.29) is 0 Å². The number of benzene rings is 1. The van der Waals surface area contributed by atoms with E-state index in [2.05, 4.69) is 27.8 Å². The van der Waals surface area contributed by atoms with Crippen LogP contribution in [0, 0.1) is 0 Å². The molecule has 0 spiro atoms. The molecular weight excluding hydrogens is 302 g/mol. The summed E-state index contributed by atoms with van der Waals surface area (Å²) in [6.45, 7) is 3.75. The third-order valence-electron chi connectivity index (χ3n) is 2.45. The van der Waals surface area contributed by atoms with E-state index in [1.165, 1.54) is 6.26 Å². The van der Waals surface area contributed by atoms with Crippen molar-refractivity contribution in [3.05, 3.63) is 24.3 Å². The predicted octanol–water partition coefficient (Wildman–Crippen LogP) is 2.70. The number of hydrogen-bond donors (Lipinski definition) is 0. The minimum atomic E-state index is -3.17. The van der Waals surface area contributed by atoms with Crippen molar-refractivity contribution in [2.45, 2.75) is 18.2 Å². The van der Waals surface area contributed by atoms with Crippen LogP contribution in [0.15, 0.2) is 29.2 Å². The van der Waals surface area contributed by atoms with Gasteiger partial charge in [0, 0.05) is 24.7 Å². The van der Waals surface area contributed by atoms with Crippen LogP contribution >= 0.6 is 15.9 Å². The van der Waals surface area contributed by atoms with Gasteiger partial charge < -0.3 is 4.90 Å². The number of halogens is 1. The second-order valence-electron chi connectivity index (χ2n) is 3.92. The third-order valence-corrected chi connectivity index (χ3v) is 3.95. The van der Waals surface area contributed by atoms with E-state index in [1.807, 2.05) is 12.1 Å². The molecule has 0 amide bonds. The predicted molar refractivity (Wildman–Crippen MR) is 75.8 cm³/mol. The van der Waals surface area contributed by atoms with Gasteiger partial charge in [0.05, 0.1) is 10.6 Å². The summed E-state index contributed by atoms with van der Waals surface area (Å²) in [6, 6.07) is 7.18. The number of hydrogen-bond acceptors (Lipinski definition) is 3. The first-order valence-electron chi connectivity index (χ1n) is 5.60. The lowest BCUT2D eigenvalue weighted by Crippen LogP contribution is -2.27. The summed E-state index contributed by atoms with van der Waals surface area (Å²) in [7, 11) is -3.17. The van der Waals surface area contributed by atoms with Crippen LogP contribution in [-0.4, -0.2) is 33.1 Å². The highest BCUT2D eigenvalue weighted by Gasteiger charge is 2.16. The summed E-state index contributed by atoms with van der Waals surface area (Å²) in [4.78, 5) is 2.51. The zero-order chi connectivity index (χ0) is 12.9. The number of anilines is 1. The Morgan fingerprint density at radius 2 is 1.88 bits per heavy atom. The van der Waals surface area contributed by atoms with Crippen LogP contribution in [0.1, 0.15) is 13.3 Å². The zero-order valence-corrected chi connectivity index (χ0v) is 12.6. The molecule has 0 aliphatic heterocycles.